The first kappa shape index (κ1) is 11.3. The Hall–Kier alpha value is -1.16. The van der Waals surface area contributed by atoms with E-state index in [0.29, 0.717) is 4.99 Å². The number of nitrogens with two attached hydrogens (primary N) is 1. The quantitative estimate of drug-likeness (QED) is 0.813. The van der Waals surface area contributed by atoms with Crippen LogP contribution in [0.1, 0.15) is 25.3 Å². The molecule has 0 saturated carbocycles. The Balaban J connectivity index is 2.08. The maximum atomic E-state index is 5.54. The van der Waals surface area contributed by atoms with Crippen molar-refractivity contribution < 1.29 is 0 Å². The smallest absolute Gasteiger partial charge is 0.128 e. The number of aromatic nitrogens is 1. The van der Waals surface area contributed by atoms with Gasteiger partial charge in [-0.2, -0.15) is 0 Å². The van der Waals surface area contributed by atoms with Crippen LogP contribution in [0.2, 0.25) is 0 Å². The van der Waals surface area contributed by atoms with Gasteiger partial charge >= 0.3 is 0 Å². The summed E-state index contributed by atoms with van der Waals surface area (Å²) in [6, 6.07) is 3.95. The lowest BCUT2D eigenvalue weighted by molar-refractivity contribution is 0.569. The summed E-state index contributed by atoms with van der Waals surface area (Å²) in [5.74, 6) is 1.85. The number of rotatable bonds is 3. The predicted octanol–water partition coefficient (Wildman–Crippen LogP) is 1.95. The molecule has 0 bridgehead atoms. The van der Waals surface area contributed by atoms with Gasteiger partial charge in [0.25, 0.3) is 0 Å². The second-order valence-corrected chi connectivity index (χ2v) is 4.72. The predicted molar refractivity (Wildman–Crippen MR) is 70.7 cm³/mol. The summed E-state index contributed by atoms with van der Waals surface area (Å²) < 4.78 is 0. The molecule has 1 aromatic heterocycles. The van der Waals surface area contributed by atoms with Gasteiger partial charge < -0.3 is 10.6 Å². The molecule has 4 heteroatoms. The van der Waals surface area contributed by atoms with Crippen molar-refractivity contribution in [2.45, 2.75) is 19.8 Å². The van der Waals surface area contributed by atoms with E-state index < -0.39 is 0 Å². The van der Waals surface area contributed by atoms with Gasteiger partial charge in [-0.25, -0.2) is 4.98 Å². The number of hydrogen-bond donors (Lipinski definition) is 1. The zero-order valence-corrected chi connectivity index (χ0v) is 10.3. The van der Waals surface area contributed by atoms with Crippen molar-refractivity contribution in [3.05, 3.63) is 23.9 Å². The average molecular weight is 235 g/mol. The van der Waals surface area contributed by atoms with E-state index in [9.17, 15) is 0 Å². The van der Waals surface area contributed by atoms with Crippen LogP contribution in [0, 0.1) is 5.92 Å². The van der Waals surface area contributed by atoms with Crippen LogP contribution in [0.5, 0.6) is 0 Å². The maximum absolute atomic E-state index is 5.54. The van der Waals surface area contributed by atoms with Crippen LogP contribution in [0.25, 0.3) is 0 Å². The second kappa shape index (κ2) is 4.78. The molecule has 1 aromatic rings. The topological polar surface area (TPSA) is 42.1 Å². The molecule has 1 aliphatic heterocycles. The summed E-state index contributed by atoms with van der Waals surface area (Å²) in [6.07, 6.45) is 4.29. The molecular weight excluding hydrogens is 218 g/mol. The first-order chi connectivity index (χ1) is 7.70. The molecule has 1 fully saturated rings. The van der Waals surface area contributed by atoms with E-state index in [2.05, 4.69) is 16.8 Å². The average Bonchev–Trinajstić information content (AvgIpc) is 2.77. The molecule has 0 amide bonds. The number of hydrogen-bond acceptors (Lipinski definition) is 3. The molecule has 0 aromatic carbocycles. The Morgan fingerprint density at radius 2 is 2.44 bits per heavy atom. The van der Waals surface area contributed by atoms with Crippen molar-refractivity contribution in [1.29, 1.82) is 0 Å². The van der Waals surface area contributed by atoms with Gasteiger partial charge in [-0.1, -0.05) is 25.6 Å². The van der Waals surface area contributed by atoms with Gasteiger partial charge in [-0.3, -0.25) is 0 Å². The lowest BCUT2D eigenvalue weighted by Gasteiger charge is -2.17. The van der Waals surface area contributed by atoms with Gasteiger partial charge in [0.05, 0.1) is 0 Å². The molecule has 1 atom stereocenters. The lowest BCUT2D eigenvalue weighted by atomic mass is 10.1. The first-order valence-corrected chi connectivity index (χ1v) is 6.12. The highest BCUT2D eigenvalue weighted by atomic mass is 32.1. The third-order valence-corrected chi connectivity index (χ3v) is 3.46. The van der Waals surface area contributed by atoms with Gasteiger partial charge in [0.15, 0.2) is 0 Å². The zero-order valence-electron chi connectivity index (χ0n) is 9.52. The van der Waals surface area contributed by atoms with Crippen LogP contribution < -0.4 is 10.6 Å². The van der Waals surface area contributed by atoms with E-state index in [4.69, 9.17) is 18.0 Å². The molecule has 1 unspecified atom stereocenters. The minimum absolute atomic E-state index is 0.409. The zero-order chi connectivity index (χ0) is 11.5. The number of nitrogens with zero attached hydrogens (tertiary/aromatic N) is 2. The Labute approximate surface area is 102 Å². The van der Waals surface area contributed by atoms with Crippen molar-refractivity contribution in [3.63, 3.8) is 0 Å². The van der Waals surface area contributed by atoms with Crippen LogP contribution >= 0.6 is 12.2 Å². The Morgan fingerprint density at radius 3 is 2.94 bits per heavy atom. The minimum atomic E-state index is 0.409. The van der Waals surface area contributed by atoms with E-state index in [0.717, 1.165) is 30.4 Å². The summed E-state index contributed by atoms with van der Waals surface area (Å²) >= 11 is 4.90. The third-order valence-electron chi connectivity index (χ3n) is 3.22. The van der Waals surface area contributed by atoms with Gasteiger partial charge in [0.2, 0.25) is 0 Å². The molecular formula is C12H17N3S. The van der Waals surface area contributed by atoms with Crippen LogP contribution in [-0.2, 0) is 0 Å². The highest BCUT2D eigenvalue weighted by Crippen LogP contribution is 2.23. The normalized spacial score (nSPS) is 20.1. The fraction of sp³-hybridized carbons (Fsp3) is 0.500. The second-order valence-electron chi connectivity index (χ2n) is 4.28. The highest BCUT2D eigenvalue weighted by Gasteiger charge is 2.21. The lowest BCUT2D eigenvalue weighted by Crippen LogP contribution is -2.21. The maximum Gasteiger partial charge on any atom is 0.128 e. The van der Waals surface area contributed by atoms with E-state index in [1.54, 1.807) is 6.20 Å². The molecule has 0 radical (unpaired) electrons. The monoisotopic (exact) mass is 235 g/mol. The fourth-order valence-corrected chi connectivity index (χ4v) is 2.21. The van der Waals surface area contributed by atoms with Crippen molar-refractivity contribution in [1.82, 2.24) is 4.98 Å². The molecule has 2 rings (SSSR count). The summed E-state index contributed by atoms with van der Waals surface area (Å²) in [6.45, 7) is 4.48. The number of pyridine rings is 1. The first-order valence-electron chi connectivity index (χ1n) is 5.71. The number of anilines is 1. The molecule has 0 aliphatic carbocycles. The van der Waals surface area contributed by atoms with Gasteiger partial charge in [0, 0.05) is 24.8 Å². The molecule has 86 valence electrons. The Bertz CT molecular complexity index is 374. The molecule has 0 spiro atoms. The largest absolute Gasteiger partial charge is 0.389 e. The van der Waals surface area contributed by atoms with E-state index in [1.165, 1.54) is 12.8 Å². The molecule has 3 nitrogen and oxygen atoms in total. The van der Waals surface area contributed by atoms with Crippen molar-refractivity contribution in [2.75, 3.05) is 18.0 Å². The molecule has 1 saturated heterocycles. The van der Waals surface area contributed by atoms with E-state index >= 15 is 0 Å². The summed E-state index contributed by atoms with van der Waals surface area (Å²) in [5.41, 5.74) is 6.38. The van der Waals surface area contributed by atoms with Crippen LogP contribution in [0.15, 0.2) is 18.3 Å². The molecule has 1 aliphatic rings. The van der Waals surface area contributed by atoms with Crippen LogP contribution in [0.4, 0.5) is 5.82 Å². The van der Waals surface area contributed by atoms with E-state index in [1.807, 2.05) is 12.1 Å². The molecule has 2 N–H and O–H groups in total. The minimum Gasteiger partial charge on any atom is -0.389 e. The third kappa shape index (κ3) is 2.32. The Kier molecular flexibility index (Phi) is 3.39. The van der Waals surface area contributed by atoms with Gasteiger partial charge in [0.1, 0.15) is 10.8 Å². The number of thiocarbonyl (C=S) groups is 1. The van der Waals surface area contributed by atoms with Crippen LogP contribution in [0.3, 0.4) is 0 Å². The molecule has 2 heterocycles. The van der Waals surface area contributed by atoms with E-state index in [-0.39, 0.29) is 0 Å². The molecule has 16 heavy (non-hydrogen) atoms. The fourth-order valence-electron chi connectivity index (χ4n) is 2.09. The van der Waals surface area contributed by atoms with Crippen molar-refractivity contribution in [2.24, 2.45) is 11.7 Å². The van der Waals surface area contributed by atoms with Crippen LogP contribution in [-0.4, -0.2) is 23.1 Å². The van der Waals surface area contributed by atoms with Gasteiger partial charge in [-0.15, -0.1) is 0 Å². The SMILES string of the molecule is CCC1CCN(c2ccc(C(N)=S)cn2)C1. The van der Waals surface area contributed by atoms with Crippen molar-refractivity contribution in [3.8, 4) is 0 Å². The van der Waals surface area contributed by atoms with Crippen molar-refractivity contribution >= 4 is 23.0 Å². The highest BCUT2D eigenvalue weighted by molar-refractivity contribution is 7.80. The summed E-state index contributed by atoms with van der Waals surface area (Å²) in [4.78, 5) is 7.15. The summed E-state index contributed by atoms with van der Waals surface area (Å²) in [5, 5.41) is 0. The standard InChI is InChI=1S/C12H17N3S/c1-2-9-5-6-15(8-9)11-4-3-10(7-14-11)12(13)16/h3-4,7,9H,2,5-6,8H2,1H3,(H2,13,16). The van der Waals surface area contributed by atoms with Gasteiger partial charge in [-0.05, 0) is 24.5 Å². The summed E-state index contributed by atoms with van der Waals surface area (Å²) in [7, 11) is 0. The Morgan fingerprint density at radius 1 is 1.62 bits per heavy atom.